The summed E-state index contributed by atoms with van der Waals surface area (Å²) in [5, 5.41) is 3.21. The number of benzene rings is 3. The molecule has 1 unspecified atom stereocenters. The molecule has 1 atom stereocenters. The molecule has 5 nitrogen and oxygen atoms in total. The summed E-state index contributed by atoms with van der Waals surface area (Å²) in [5.41, 5.74) is 1.22. The van der Waals surface area contributed by atoms with Crippen molar-refractivity contribution in [2.24, 2.45) is 0 Å². The molecule has 0 aliphatic carbocycles. The molecule has 1 amide bonds. The van der Waals surface area contributed by atoms with Gasteiger partial charge in [-0.2, -0.15) is 13.2 Å². The van der Waals surface area contributed by atoms with Crippen molar-refractivity contribution in [1.82, 2.24) is 5.32 Å². The van der Waals surface area contributed by atoms with Gasteiger partial charge in [-0.15, -0.1) is 11.3 Å². The van der Waals surface area contributed by atoms with Crippen LogP contribution in [0.15, 0.2) is 79.4 Å². The SMILES string of the molecule is C=CC(=O)NC(CC(F)(F)F)c1ccc(Oc2c(-c3ccc(OC)cc3)sc3cc(OC)ccc23)cc1. The quantitative estimate of drug-likeness (QED) is 0.227. The van der Waals surface area contributed by atoms with E-state index in [4.69, 9.17) is 14.2 Å². The summed E-state index contributed by atoms with van der Waals surface area (Å²) in [7, 11) is 3.20. The minimum absolute atomic E-state index is 0.301. The van der Waals surface area contributed by atoms with Gasteiger partial charge in [0, 0.05) is 10.1 Å². The average molecular weight is 528 g/mol. The Labute approximate surface area is 216 Å². The Morgan fingerprint density at radius 3 is 2.19 bits per heavy atom. The molecule has 192 valence electrons. The monoisotopic (exact) mass is 527 g/mol. The van der Waals surface area contributed by atoms with Gasteiger partial charge >= 0.3 is 6.18 Å². The van der Waals surface area contributed by atoms with Gasteiger partial charge in [0.15, 0.2) is 5.75 Å². The molecule has 4 rings (SSSR count). The molecule has 4 aromatic rings. The first-order valence-corrected chi connectivity index (χ1v) is 12.0. The van der Waals surface area contributed by atoms with Crippen LogP contribution in [0.5, 0.6) is 23.0 Å². The van der Waals surface area contributed by atoms with E-state index in [2.05, 4.69) is 11.9 Å². The zero-order valence-electron chi connectivity index (χ0n) is 20.1. The molecular formula is C28H24F3NO4S. The van der Waals surface area contributed by atoms with Crippen molar-refractivity contribution < 1.29 is 32.2 Å². The van der Waals surface area contributed by atoms with Gasteiger partial charge in [0.1, 0.15) is 17.2 Å². The van der Waals surface area contributed by atoms with Gasteiger partial charge in [0.05, 0.1) is 31.6 Å². The lowest BCUT2D eigenvalue weighted by molar-refractivity contribution is -0.142. The van der Waals surface area contributed by atoms with Gasteiger partial charge in [-0.3, -0.25) is 4.79 Å². The zero-order valence-corrected chi connectivity index (χ0v) is 20.9. The maximum Gasteiger partial charge on any atom is 0.391 e. The van der Waals surface area contributed by atoms with Gasteiger partial charge < -0.3 is 19.5 Å². The maximum absolute atomic E-state index is 13.1. The third-order valence-electron chi connectivity index (χ3n) is 5.64. The largest absolute Gasteiger partial charge is 0.497 e. The molecule has 0 aliphatic heterocycles. The molecular weight excluding hydrogens is 503 g/mol. The van der Waals surface area contributed by atoms with E-state index in [0.717, 1.165) is 32.4 Å². The summed E-state index contributed by atoms with van der Waals surface area (Å²) in [6, 6.07) is 18.2. The van der Waals surface area contributed by atoms with Crippen LogP contribution in [-0.2, 0) is 4.79 Å². The minimum Gasteiger partial charge on any atom is -0.497 e. The number of nitrogens with one attached hydrogen (secondary N) is 1. The molecule has 0 saturated heterocycles. The van der Waals surface area contributed by atoms with Gasteiger partial charge in [-0.25, -0.2) is 0 Å². The Balaban J connectivity index is 1.69. The number of rotatable bonds is 9. The molecule has 0 saturated carbocycles. The van der Waals surface area contributed by atoms with Crippen molar-refractivity contribution in [1.29, 1.82) is 0 Å². The first kappa shape index (κ1) is 26.1. The van der Waals surface area contributed by atoms with Crippen LogP contribution in [-0.4, -0.2) is 26.3 Å². The molecule has 1 N–H and O–H groups in total. The molecule has 0 spiro atoms. The fourth-order valence-corrected chi connectivity index (χ4v) is 4.98. The molecule has 9 heteroatoms. The van der Waals surface area contributed by atoms with Gasteiger partial charge in [0.2, 0.25) is 5.91 Å². The molecule has 1 aromatic heterocycles. The van der Waals surface area contributed by atoms with E-state index < -0.39 is 24.5 Å². The number of methoxy groups -OCH3 is 2. The molecule has 37 heavy (non-hydrogen) atoms. The number of halogens is 3. The number of carbonyl (C=O) groups excluding carboxylic acids is 1. The fourth-order valence-electron chi connectivity index (χ4n) is 3.81. The fraction of sp³-hybridized carbons (Fsp3) is 0.179. The average Bonchev–Trinajstić information content (AvgIpc) is 3.25. The van der Waals surface area contributed by atoms with Crippen LogP contribution in [0.3, 0.4) is 0 Å². The zero-order chi connectivity index (χ0) is 26.6. The van der Waals surface area contributed by atoms with E-state index in [1.807, 2.05) is 42.5 Å². The number of thiophene rings is 1. The topological polar surface area (TPSA) is 56.8 Å². The highest BCUT2D eigenvalue weighted by atomic mass is 32.1. The van der Waals surface area contributed by atoms with E-state index in [1.54, 1.807) is 26.4 Å². The lowest BCUT2D eigenvalue weighted by atomic mass is 10.0. The summed E-state index contributed by atoms with van der Waals surface area (Å²) in [6.45, 7) is 3.31. The Morgan fingerprint density at radius 1 is 0.973 bits per heavy atom. The van der Waals surface area contributed by atoms with Crippen LogP contribution in [0.4, 0.5) is 13.2 Å². The number of fused-ring (bicyclic) bond motifs is 1. The van der Waals surface area contributed by atoms with E-state index >= 15 is 0 Å². The van der Waals surface area contributed by atoms with E-state index in [9.17, 15) is 18.0 Å². The number of alkyl halides is 3. The van der Waals surface area contributed by atoms with Crippen molar-refractivity contribution in [3.63, 3.8) is 0 Å². The second-order valence-electron chi connectivity index (χ2n) is 8.11. The van der Waals surface area contributed by atoms with Crippen LogP contribution < -0.4 is 19.5 Å². The summed E-state index contributed by atoms with van der Waals surface area (Å²) in [6.07, 6.45) is -4.72. The minimum atomic E-state index is -4.46. The smallest absolute Gasteiger partial charge is 0.391 e. The van der Waals surface area contributed by atoms with Crippen molar-refractivity contribution in [2.75, 3.05) is 14.2 Å². The number of amides is 1. The number of hydrogen-bond acceptors (Lipinski definition) is 5. The Morgan fingerprint density at radius 2 is 1.59 bits per heavy atom. The second kappa shape index (κ2) is 11.0. The predicted octanol–water partition coefficient (Wildman–Crippen LogP) is 7.67. The van der Waals surface area contributed by atoms with Crippen LogP contribution >= 0.6 is 11.3 Å². The van der Waals surface area contributed by atoms with Crippen molar-refractivity contribution in [3.05, 3.63) is 84.9 Å². The third kappa shape index (κ3) is 6.24. The summed E-state index contributed by atoms with van der Waals surface area (Å²) < 4.78 is 57.2. The lowest BCUT2D eigenvalue weighted by Crippen LogP contribution is -2.30. The van der Waals surface area contributed by atoms with Gasteiger partial charge in [0.25, 0.3) is 0 Å². The van der Waals surface area contributed by atoms with Gasteiger partial charge in [-0.1, -0.05) is 18.7 Å². The molecule has 0 fully saturated rings. The Bertz CT molecular complexity index is 1400. The third-order valence-corrected chi connectivity index (χ3v) is 6.83. The number of carbonyl (C=O) groups is 1. The van der Waals surface area contributed by atoms with Crippen LogP contribution in [0.1, 0.15) is 18.0 Å². The van der Waals surface area contributed by atoms with Crippen molar-refractivity contribution in [3.8, 4) is 33.4 Å². The Kier molecular flexibility index (Phi) is 7.73. The highest BCUT2D eigenvalue weighted by Crippen LogP contribution is 2.47. The molecule has 0 aliphatic rings. The van der Waals surface area contributed by atoms with E-state index in [1.165, 1.54) is 23.5 Å². The molecule has 0 radical (unpaired) electrons. The van der Waals surface area contributed by atoms with Crippen LogP contribution in [0, 0.1) is 0 Å². The molecule has 1 heterocycles. The number of hydrogen-bond donors (Lipinski definition) is 1. The van der Waals surface area contributed by atoms with Crippen LogP contribution in [0.25, 0.3) is 20.5 Å². The maximum atomic E-state index is 13.1. The summed E-state index contributed by atoms with van der Waals surface area (Å²) in [4.78, 5) is 12.6. The van der Waals surface area contributed by atoms with Crippen LogP contribution in [0.2, 0.25) is 0 Å². The first-order chi connectivity index (χ1) is 17.7. The first-order valence-electron chi connectivity index (χ1n) is 11.2. The second-order valence-corrected chi connectivity index (χ2v) is 9.16. The van der Waals surface area contributed by atoms with E-state index in [0.29, 0.717) is 22.8 Å². The van der Waals surface area contributed by atoms with Crippen molar-refractivity contribution >= 4 is 27.3 Å². The standard InChI is InChI=1S/C28H24F3NO4S/c1-4-25(33)32-23(16-28(29,30)31)17-5-11-20(12-6-17)36-26-22-14-13-21(35-3)15-24(22)37-27(26)18-7-9-19(34-2)10-8-18/h4-15,23H,1,16H2,2-3H3,(H,32,33). The lowest BCUT2D eigenvalue weighted by Gasteiger charge is -2.20. The highest BCUT2D eigenvalue weighted by molar-refractivity contribution is 7.22. The normalized spacial score (nSPS) is 12.1. The summed E-state index contributed by atoms with van der Waals surface area (Å²) in [5.74, 6) is 1.81. The molecule has 3 aromatic carbocycles. The highest BCUT2D eigenvalue weighted by Gasteiger charge is 2.33. The van der Waals surface area contributed by atoms with Gasteiger partial charge in [-0.05, 0) is 71.8 Å². The van der Waals surface area contributed by atoms with Crippen molar-refractivity contribution in [2.45, 2.75) is 18.6 Å². The Hall–Kier alpha value is -3.98. The predicted molar refractivity (Wildman–Crippen MR) is 139 cm³/mol. The number of ether oxygens (including phenoxy) is 3. The van der Waals surface area contributed by atoms with E-state index in [-0.39, 0.29) is 0 Å². The molecule has 0 bridgehead atoms. The summed E-state index contributed by atoms with van der Waals surface area (Å²) >= 11 is 1.54.